The van der Waals surface area contributed by atoms with Gasteiger partial charge in [-0.15, -0.1) is 0 Å². The molecule has 0 aromatic heterocycles. The molecule has 2 aromatic carbocycles. The summed E-state index contributed by atoms with van der Waals surface area (Å²) in [5.41, 5.74) is 3.35. The van der Waals surface area contributed by atoms with E-state index < -0.39 is 10.0 Å². The average molecular weight is 456 g/mol. The van der Waals surface area contributed by atoms with Crippen molar-refractivity contribution in [1.82, 2.24) is 14.5 Å². The third kappa shape index (κ3) is 5.39. The van der Waals surface area contributed by atoms with Crippen molar-refractivity contribution < 1.29 is 13.2 Å². The fraction of sp³-hybridized carbons (Fsp3) is 0.480. The minimum Gasteiger partial charge on any atom is -0.348 e. The number of sulfonamides is 1. The third-order valence-electron chi connectivity index (χ3n) is 6.46. The van der Waals surface area contributed by atoms with Gasteiger partial charge in [0.2, 0.25) is 10.0 Å². The molecule has 2 fully saturated rings. The molecule has 4 rings (SSSR count). The summed E-state index contributed by atoms with van der Waals surface area (Å²) in [7, 11) is -3.58. The van der Waals surface area contributed by atoms with E-state index in [9.17, 15) is 13.2 Å². The Morgan fingerprint density at radius 3 is 2.19 bits per heavy atom. The zero-order valence-electron chi connectivity index (χ0n) is 18.8. The van der Waals surface area contributed by atoms with Crippen molar-refractivity contribution in [2.45, 2.75) is 57.0 Å². The molecule has 0 atom stereocenters. The van der Waals surface area contributed by atoms with Crippen LogP contribution in [0.25, 0.3) is 0 Å². The summed E-state index contributed by atoms with van der Waals surface area (Å²) in [6, 6.07) is 13.3. The number of nitrogens with one attached hydrogen (secondary N) is 1. The Hall–Kier alpha value is -2.22. The summed E-state index contributed by atoms with van der Waals surface area (Å²) in [5.74, 6) is -0.263. The van der Waals surface area contributed by atoms with E-state index in [1.807, 2.05) is 12.1 Å². The molecule has 2 aliphatic rings. The van der Waals surface area contributed by atoms with Crippen LogP contribution < -0.4 is 5.32 Å². The molecule has 0 aliphatic carbocycles. The highest BCUT2D eigenvalue weighted by molar-refractivity contribution is 7.89. The molecule has 32 heavy (non-hydrogen) atoms. The van der Waals surface area contributed by atoms with E-state index in [1.54, 1.807) is 23.4 Å². The molecule has 1 amide bonds. The first kappa shape index (κ1) is 23.0. The number of carbonyl (C=O) groups excluding carboxylic acids is 1. The second-order valence-electron chi connectivity index (χ2n) is 8.93. The van der Waals surface area contributed by atoms with Gasteiger partial charge in [0.25, 0.3) is 5.91 Å². The molecular formula is C25H33N3O3S. The van der Waals surface area contributed by atoms with Crippen molar-refractivity contribution in [2.75, 3.05) is 26.2 Å². The van der Waals surface area contributed by atoms with Gasteiger partial charge < -0.3 is 5.32 Å². The van der Waals surface area contributed by atoms with Crippen LogP contribution in [0.2, 0.25) is 0 Å². The number of amides is 1. The number of benzene rings is 2. The van der Waals surface area contributed by atoms with Gasteiger partial charge in [0.05, 0.1) is 4.90 Å². The van der Waals surface area contributed by atoms with Crippen molar-refractivity contribution in [3.05, 3.63) is 64.7 Å². The maximum absolute atomic E-state index is 13.1. The third-order valence-corrected chi connectivity index (χ3v) is 8.50. The smallest absolute Gasteiger partial charge is 0.251 e. The number of hydrogen-bond donors (Lipinski definition) is 1. The number of hydrogen-bond acceptors (Lipinski definition) is 4. The molecule has 1 N–H and O–H groups in total. The van der Waals surface area contributed by atoms with Crippen molar-refractivity contribution >= 4 is 15.9 Å². The van der Waals surface area contributed by atoms with Crippen molar-refractivity contribution in [3.63, 3.8) is 0 Å². The lowest BCUT2D eigenvalue weighted by Gasteiger charge is -2.26. The monoisotopic (exact) mass is 455 g/mol. The van der Waals surface area contributed by atoms with Gasteiger partial charge >= 0.3 is 0 Å². The van der Waals surface area contributed by atoms with Gasteiger partial charge in [-0.05, 0) is 74.5 Å². The molecule has 2 aliphatic heterocycles. The van der Waals surface area contributed by atoms with E-state index >= 15 is 0 Å². The largest absolute Gasteiger partial charge is 0.348 e. The summed E-state index contributed by atoms with van der Waals surface area (Å²) in [5, 5.41) is 2.93. The maximum Gasteiger partial charge on any atom is 0.251 e. The Bertz CT molecular complexity index is 1040. The number of rotatable bonds is 7. The number of likely N-dealkylation sites (tertiary alicyclic amines) is 1. The highest BCUT2D eigenvalue weighted by atomic mass is 32.2. The molecule has 2 saturated heterocycles. The van der Waals surface area contributed by atoms with Gasteiger partial charge in [-0.25, -0.2) is 8.42 Å². The molecule has 172 valence electrons. The molecule has 0 bridgehead atoms. The summed E-state index contributed by atoms with van der Waals surface area (Å²) in [6.07, 6.45) is 5.39. The summed E-state index contributed by atoms with van der Waals surface area (Å²) in [6.45, 7) is 6.60. The average Bonchev–Trinajstić information content (AvgIpc) is 3.32. The van der Waals surface area contributed by atoms with Crippen LogP contribution in [0.4, 0.5) is 0 Å². The molecule has 2 heterocycles. The Balaban J connectivity index is 1.39. The standard InChI is InChI=1S/C25H33N3O3S/c1-20-7-12-23(17-24(20)32(30,31)28-15-3-2-4-16-28)25(29)26-18-21-8-10-22(11-9-21)19-27-13-5-6-14-27/h7-12,17H,2-6,13-16,18-19H2,1H3,(H,26,29). The van der Waals surface area contributed by atoms with E-state index in [0.717, 1.165) is 31.4 Å². The minimum absolute atomic E-state index is 0.235. The summed E-state index contributed by atoms with van der Waals surface area (Å²) in [4.78, 5) is 15.5. The Labute approximate surface area is 191 Å². The Kier molecular flexibility index (Phi) is 7.28. The lowest BCUT2D eigenvalue weighted by Crippen LogP contribution is -2.36. The Morgan fingerprint density at radius 1 is 0.875 bits per heavy atom. The topological polar surface area (TPSA) is 69.7 Å². The molecular weight excluding hydrogens is 422 g/mol. The Morgan fingerprint density at radius 2 is 1.50 bits per heavy atom. The predicted molar refractivity (Wildman–Crippen MR) is 126 cm³/mol. The van der Waals surface area contributed by atoms with E-state index in [1.165, 1.54) is 37.6 Å². The van der Waals surface area contributed by atoms with Crippen LogP contribution in [0.5, 0.6) is 0 Å². The summed E-state index contributed by atoms with van der Waals surface area (Å²) < 4.78 is 27.8. The molecule has 0 spiro atoms. The minimum atomic E-state index is -3.58. The van der Waals surface area contributed by atoms with E-state index in [2.05, 4.69) is 22.3 Å². The van der Waals surface area contributed by atoms with E-state index in [4.69, 9.17) is 0 Å². The summed E-state index contributed by atoms with van der Waals surface area (Å²) >= 11 is 0. The highest BCUT2D eigenvalue weighted by Gasteiger charge is 2.28. The first-order valence-electron chi connectivity index (χ1n) is 11.6. The SMILES string of the molecule is Cc1ccc(C(=O)NCc2ccc(CN3CCCC3)cc2)cc1S(=O)(=O)N1CCCCC1. The van der Waals surface area contributed by atoms with Crippen molar-refractivity contribution in [1.29, 1.82) is 0 Å². The molecule has 0 unspecified atom stereocenters. The first-order chi connectivity index (χ1) is 15.4. The molecule has 0 radical (unpaired) electrons. The molecule has 0 saturated carbocycles. The second kappa shape index (κ2) is 10.1. The van der Waals surface area contributed by atoms with Gasteiger partial charge in [0.15, 0.2) is 0 Å². The van der Waals surface area contributed by atoms with Crippen LogP contribution >= 0.6 is 0 Å². The quantitative estimate of drug-likeness (QED) is 0.691. The van der Waals surface area contributed by atoms with E-state index in [-0.39, 0.29) is 10.8 Å². The van der Waals surface area contributed by atoms with Crippen LogP contribution in [-0.2, 0) is 23.1 Å². The van der Waals surface area contributed by atoms with Crippen LogP contribution in [-0.4, -0.2) is 49.7 Å². The second-order valence-corrected chi connectivity index (χ2v) is 10.8. The van der Waals surface area contributed by atoms with Crippen molar-refractivity contribution in [3.8, 4) is 0 Å². The lowest BCUT2D eigenvalue weighted by atomic mass is 10.1. The predicted octanol–water partition coefficient (Wildman–Crippen LogP) is 3.70. The van der Waals surface area contributed by atoms with E-state index in [0.29, 0.717) is 30.8 Å². The number of aryl methyl sites for hydroxylation is 1. The highest BCUT2D eigenvalue weighted by Crippen LogP contribution is 2.24. The van der Waals surface area contributed by atoms with Gasteiger partial charge in [-0.2, -0.15) is 4.31 Å². The zero-order valence-corrected chi connectivity index (χ0v) is 19.7. The molecule has 7 heteroatoms. The van der Waals surface area contributed by atoms with Crippen LogP contribution in [0.3, 0.4) is 0 Å². The van der Waals surface area contributed by atoms with Crippen molar-refractivity contribution in [2.24, 2.45) is 0 Å². The number of carbonyl (C=O) groups is 1. The fourth-order valence-corrected chi connectivity index (χ4v) is 6.28. The van der Waals surface area contributed by atoms with Crippen LogP contribution in [0.1, 0.15) is 59.2 Å². The fourth-order valence-electron chi connectivity index (χ4n) is 4.51. The maximum atomic E-state index is 13.1. The van der Waals surface area contributed by atoms with Gasteiger partial charge in [-0.1, -0.05) is 36.8 Å². The van der Waals surface area contributed by atoms with Crippen LogP contribution in [0, 0.1) is 6.92 Å². The number of piperidine rings is 1. The normalized spacial score (nSPS) is 18.0. The van der Waals surface area contributed by atoms with Gasteiger partial charge in [-0.3, -0.25) is 9.69 Å². The van der Waals surface area contributed by atoms with Crippen LogP contribution in [0.15, 0.2) is 47.4 Å². The van der Waals surface area contributed by atoms with Gasteiger partial charge in [0.1, 0.15) is 0 Å². The molecule has 2 aromatic rings. The zero-order chi connectivity index (χ0) is 22.6. The lowest BCUT2D eigenvalue weighted by molar-refractivity contribution is 0.0950. The number of nitrogens with zero attached hydrogens (tertiary/aromatic N) is 2. The molecule has 6 nitrogen and oxygen atoms in total. The first-order valence-corrected chi connectivity index (χ1v) is 13.1. The van der Waals surface area contributed by atoms with Gasteiger partial charge in [0, 0.05) is 31.7 Å².